The monoisotopic (exact) mass is 353 g/mol. The fraction of sp³-hybridized carbons (Fsp3) is 0.444. The van der Waals surface area contributed by atoms with Gasteiger partial charge in [-0.15, -0.1) is 10.2 Å². The number of rotatable bonds is 7. The Kier molecular flexibility index (Phi) is 4.66. The maximum absolute atomic E-state index is 6.04. The standard InChI is InChI=1S/C18H23N7O/c1-2-25-17(22-23-18(25)13-8-14(19)9-13)11-26-16-4-3-5-21-15(16)10-24-7-6-20-12-24/h3-7,12-14H,2,8-11,19H2,1H3. The molecular weight excluding hydrogens is 330 g/mol. The highest BCUT2D eigenvalue weighted by Crippen LogP contribution is 2.34. The minimum absolute atomic E-state index is 0.294. The van der Waals surface area contributed by atoms with Crippen LogP contribution in [0.25, 0.3) is 0 Å². The van der Waals surface area contributed by atoms with Crippen molar-refractivity contribution in [3.8, 4) is 5.75 Å². The number of hydrogen-bond acceptors (Lipinski definition) is 6. The first kappa shape index (κ1) is 16.7. The maximum Gasteiger partial charge on any atom is 0.171 e. The van der Waals surface area contributed by atoms with E-state index in [9.17, 15) is 0 Å². The summed E-state index contributed by atoms with van der Waals surface area (Å²) in [6.45, 7) is 3.90. The Morgan fingerprint density at radius 1 is 1.27 bits per heavy atom. The van der Waals surface area contributed by atoms with Crippen LogP contribution in [0.3, 0.4) is 0 Å². The summed E-state index contributed by atoms with van der Waals surface area (Å²) >= 11 is 0. The number of nitrogens with two attached hydrogens (primary N) is 1. The smallest absolute Gasteiger partial charge is 0.171 e. The zero-order chi connectivity index (χ0) is 17.9. The Morgan fingerprint density at radius 3 is 2.88 bits per heavy atom. The van der Waals surface area contributed by atoms with Gasteiger partial charge in [0.2, 0.25) is 0 Å². The van der Waals surface area contributed by atoms with Crippen LogP contribution < -0.4 is 10.5 Å². The lowest BCUT2D eigenvalue weighted by Crippen LogP contribution is -2.36. The average molecular weight is 353 g/mol. The van der Waals surface area contributed by atoms with E-state index >= 15 is 0 Å². The van der Waals surface area contributed by atoms with Crippen LogP contribution in [-0.4, -0.2) is 35.3 Å². The van der Waals surface area contributed by atoms with Crippen LogP contribution in [0.2, 0.25) is 0 Å². The van der Waals surface area contributed by atoms with Crippen LogP contribution in [-0.2, 0) is 19.7 Å². The van der Waals surface area contributed by atoms with Crippen molar-refractivity contribution in [1.29, 1.82) is 0 Å². The molecule has 2 N–H and O–H groups in total. The largest absolute Gasteiger partial charge is 0.484 e. The third-order valence-electron chi connectivity index (χ3n) is 4.81. The van der Waals surface area contributed by atoms with Crippen molar-refractivity contribution in [2.75, 3.05) is 0 Å². The Morgan fingerprint density at radius 2 is 2.15 bits per heavy atom. The van der Waals surface area contributed by atoms with Gasteiger partial charge in [-0.2, -0.15) is 0 Å². The Labute approximate surface area is 152 Å². The predicted molar refractivity (Wildman–Crippen MR) is 95.5 cm³/mol. The van der Waals surface area contributed by atoms with E-state index in [-0.39, 0.29) is 0 Å². The van der Waals surface area contributed by atoms with Crippen molar-refractivity contribution >= 4 is 0 Å². The lowest BCUT2D eigenvalue weighted by molar-refractivity contribution is 0.280. The number of nitrogens with zero attached hydrogens (tertiary/aromatic N) is 6. The van der Waals surface area contributed by atoms with E-state index in [0.29, 0.717) is 25.1 Å². The fourth-order valence-corrected chi connectivity index (χ4v) is 3.34. The molecule has 1 fully saturated rings. The Bertz CT molecular complexity index is 852. The number of aromatic nitrogens is 6. The normalized spacial score (nSPS) is 19.3. The zero-order valence-electron chi connectivity index (χ0n) is 14.8. The summed E-state index contributed by atoms with van der Waals surface area (Å²) in [5.74, 6) is 3.03. The molecule has 4 rings (SSSR count). The molecular formula is C18H23N7O. The molecule has 1 aliphatic carbocycles. The van der Waals surface area contributed by atoms with Crippen molar-refractivity contribution in [3.63, 3.8) is 0 Å². The molecule has 0 spiro atoms. The van der Waals surface area contributed by atoms with E-state index < -0.39 is 0 Å². The van der Waals surface area contributed by atoms with Crippen molar-refractivity contribution < 1.29 is 4.74 Å². The first-order valence-corrected chi connectivity index (χ1v) is 8.94. The molecule has 0 atom stereocenters. The van der Waals surface area contributed by atoms with E-state index in [1.54, 1.807) is 18.7 Å². The van der Waals surface area contributed by atoms with Gasteiger partial charge in [0.05, 0.1) is 12.9 Å². The number of hydrogen-bond donors (Lipinski definition) is 1. The lowest BCUT2D eigenvalue weighted by atomic mass is 9.80. The minimum atomic E-state index is 0.294. The molecule has 3 aromatic heterocycles. The summed E-state index contributed by atoms with van der Waals surface area (Å²) in [5.41, 5.74) is 6.78. The van der Waals surface area contributed by atoms with Crippen molar-refractivity contribution in [2.45, 2.75) is 51.4 Å². The van der Waals surface area contributed by atoms with Crippen LogP contribution in [0, 0.1) is 0 Å². The summed E-state index contributed by atoms with van der Waals surface area (Å²) in [7, 11) is 0. The number of imidazole rings is 1. The molecule has 3 aromatic rings. The zero-order valence-corrected chi connectivity index (χ0v) is 14.8. The molecule has 26 heavy (non-hydrogen) atoms. The average Bonchev–Trinajstić information content (AvgIpc) is 3.27. The molecule has 0 radical (unpaired) electrons. The van der Waals surface area contributed by atoms with Crippen LogP contribution >= 0.6 is 0 Å². The molecule has 8 heteroatoms. The summed E-state index contributed by atoms with van der Waals surface area (Å²) in [6, 6.07) is 4.10. The second kappa shape index (κ2) is 7.25. The van der Waals surface area contributed by atoms with Gasteiger partial charge in [0, 0.05) is 37.1 Å². The van der Waals surface area contributed by atoms with E-state index in [1.165, 1.54) is 0 Å². The van der Waals surface area contributed by atoms with Gasteiger partial charge in [-0.1, -0.05) is 0 Å². The molecule has 0 unspecified atom stereocenters. The minimum Gasteiger partial charge on any atom is -0.484 e. The van der Waals surface area contributed by atoms with Crippen LogP contribution in [0.5, 0.6) is 5.75 Å². The second-order valence-electron chi connectivity index (χ2n) is 6.62. The van der Waals surface area contributed by atoms with Gasteiger partial charge >= 0.3 is 0 Å². The van der Waals surface area contributed by atoms with E-state index in [2.05, 4.69) is 31.7 Å². The summed E-state index contributed by atoms with van der Waals surface area (Å²) in [6.07, 6.45) is 9.16. The molecule has 0 aromatic carbocycles. The third-order valence-corrected chi connectivity index (χ3v) is 4.81. The molecule has 1 aliphatic rings. The van der Waals surface area contributed by atoms with Gasteiger partial charge in [-0.3, -0.25) is 4.98 Å². The molecule has 0 saturated heterocycles. The topological polar surface area (TPSA) is 96.7 Å². The molecule has 136 valence electrons. The summed E-state index contributed by atoms with van der Waals surface area (Å²) < 4.78 is 10.1. The molecule has 0 aliphatic heterocycles. The molecule has 3 heterocycles. The molecule has 1 saturated carbocycles. The third kappa shape index (κ3) is 3.32. The summed E-state index contributed by atoms with van der Waals surface area (Å²) in [5, 5.41) is 8.74. The second-order valence-corrected chi connectivity index (χ2v) is 6.62. The molecule has 0 bridgehead atoms. The lowest BCUT2D eigenvalue weighted by Gasteiger charge is -2.31. The van der Waals surface area contributed by atoms with E-state index in [1.807, 2.05) is 22.9 Å². The van der Waals surface area contributed by atoms with Crippen molar-refractivity contribution in [1.82, 2.24) is 29.3 Å². The summed E-state index contributed by atoms with van der Waals surface area (Å²) in [4.78, 5) is 8.51. The predicted octanol–water partition coefficient (Wildman–Crippen LogP) is 1.72. The maximum atomic E-state index is 6.04. The Hall–Kier alpha value is -2.74. The van der Waals surface area contributed by atoms with Gasteiger partial charge in [-0.25, -0.2) is 4.98 Å². The SMILES string of the molecule is CCn1c(COc2cccnc2Cn2ccnc2)nnc1C1CC(N)C1. The van der Waals surface area contributed by atoms with Gasteiger partial charge in [0.15, 0.2) is 5.82 Å². The van der Waals surface area contributed by atoms with E-state index in [0.717, 1.165) is 42.5 Å². The Balaban J connectivity index is 1.48. The van der Waals surface area contributed by atoms with Crippen molar-refractivity contribution in [2.24, 2.45) is 5.73 Å². The van der Waals surface area contributed by atoms with Gasteiger partial charge in [-0.05, 0) is 31.9 Å². The van der Waals surface area contributed by atoms with Crippen LogP contribution in [0.4, 0.5) is 0 Å². The molecule has 0 amide bonds. The van der Waals surface area contributed by atoms with Crippen LogP contribution in [0.15, 0.2) is 37.1 Å². The number of ether oxygens (including phenoxy) is 1. The van der Waals surface area contributed by atoms with Crippen LogP contribution in [0.1, 0.15) is 43.0 Å². The highest BCUT2D eigenvalue weighted by Gasteiger charge is 2.32. The quantitative estimate of drug-likeness (QED) is 0.695. The van der Waals surface area contributed by atoms with Crippen molar-refractivity contribution in [3.05, 3.63) is 54.4 Å². The van der Waals surface area contributed by atoms with Gasteiger partial charge in [0.25, 0.3) is 0 Å². The van der Waals surface area contributed by atoms with Gasteiger partial charge in [0.1, 0.15) is 23.9 Å². The number of pyridine rings is 1. The van der Waals surface area contributed by atoms with E-state index in [4.69, 9.17) is 10.5 Å². The fourth-order valence-electron chi connectivity index (χ4n) is 3.34. The highest BCUT2D eigenvalue weighted by atomic mass is 16.5. The highest BCUT2D eigenvalue weighted by molar-refractivity contribution is 5.27. The van der Waals surface area contributed by atoms with Gasteiger partial charge < -0.3 is 19.6 Å². The first-order chi connectivity index (χ1) is 12.7. The molecule has 8 nitrogen and oxygen atoms in total. The first-order valence-electron chi connectivity index (χ1n) is 8.94.